The summed E-state index contributed by atoms with van der Waals surface area (Å²) in [4.78, 5) is 24.7. The highest BCUT2D eigenvalue weighted by Crippen LogP contribution is 2.29. The summed E-state index contributed by atoms with van der Waals surface area (Å²) in [5, 5.41) is 3.15. The number of carbonyl (C=O) groups is 2. The van der Waals surface area contributed by atoms with Crippen LogP contribution in [0.4, 0.5) is 5.69 Å². The quantitative estimate of drug-likeness (QED) is 0.622. The molecule has 0 spiro atoms. The first kappa shape index (κ1) is 17.7. The Bertz CT molecular complexity index is 717. The third kappa shape index (κ3) is 4.64. The predicted molar refractivity (Wildman–Crippen MR) is 93.6 cm³/mol. The molecule has 0 aliphatic rings. The molecule has 0 aromatic heterocycles. The number of hydrogen-bond acceptors (Lipinski definition) is 4. The third-order valence-corrected chi connectivity index (χ3v) is 4.31. The van der Waals surface area contributed by atoms with Gasteiger partial charge in [-0.3, -0.25) is 4.79 Å². The van der Waals surface area contributed by atoms with Crippen molar-refractivity contribution in [1.82, 2.24) is 0 Å². The van der Waals surface area contributed by atoms with Gasteiger partial charge in [-0.2, -0.15) is 0 Å². The zero-order valence-electron chi connectivity index (χ0n) is 12.1. The first-order valence-corrected chi connectivity index (χ1v) is 8.55. The van der Waals surface area contributed by atoms with E-state index >= 15 is 0 Å². The van der Waals surface area contributed by atoms with Crippen molar-refractivity contribution in [3.05, 3.63) is 58.1 Å². The number of thioether (sulfide) groups is 1. The average molecular weight is 370 g/mol. The van der Waals surface area contributed by atoms with E-state index in [2.05, 4.69) is 5.32 Å². The summed E-state index contributed by atoms with van der Waals surface area (Å²) in [5.74, 6) is -1.08. The molecule has 0 atom stereocenters. The molecule has 4 nitrogen and oxygen atoms in total. The van der Waals surface area contributed by atoms with Gasteiger partial charge in [-0.1, -0.05) is 41.4 Å². The van der Waals surface area contributed by atoms with Gasteiger partial charge in [0.15, 0.2) is 6.61 Å². The Morgan fingerprint density at radius 1 is 1.09 bits per heavy atom. The van der Waals surface area contributed by atoms with E-state index in [1.54, 1.807) is 30.3 Å². The number of benzene rings is 2. The Morgan fingerprint density at radius 3 is 2.39 bits per heavy atom. The molecule has 120 valence electrons. The number of halogens is 2. The van der Waals surface area contributed by atoms with E-state index in [1.807, 2.05) is 18.4 Å². The minimum Gasteiger partial charge on any atom is -0.452 e. The van der Waals surface area contributed by atoms with E-state index in [9.17, 15) is 9.59 Å². The highest BCUT2D eigenvalue weighted by atomic mass is 35.5. The maximum atomic E-state index is 12.0. The molecule has 0 saturated heterocycles. The fourth-order valence-corrected chi connectivity index (χ4v) is 2.89. The number of ether oxygens (including phenoxy) is 1. The number of carbonyl (C=O) groups excluding carboxylic acids is 2. The standard InChI is InChI=1S/C16H13Cl2NO3S/c1-23-13-8-3-2-5-10(13)16(21)22-9-14(20)19-15-11(17)6-4-7-12(15)18/h2-8H,9H2,1H3,(H,19,20). The van der Waals surface area contributed by atoms with Crippen LogP contribution in [0.3, 0.4) is 0 Å². The summed E-state index contributed by atoms with van der Waals surface area (Å²) >= 11 is 13.4. The molecular formula is C16H13Cl2NO3S. The van der Waals surface area contributed by atoms with Crippen molar-refractivity contribution >= 4 is 52.5 Å². The number of nitrogens with one attached hydrogen (secondary N) is 1. The van der Waals surface area contributed by atoms with Gasteiger partial charge in [-0.25, -0.2) is 4.79 Å². The van der Waals surface area contributed by atoms with Gasteiger partial charge in [0, 0.05) is 4.90 Å². The summed E-state index contributed by atoms with van der Waals surface area (Å²) in [6.45, 7) is -0.427. The van der Waals surface area contributed by atoms with Crippen LogP contribution in [-0.4, -0.2) is 24.7 Å². The van der Waals surface area contributed by atoms with Crippen molar-refractivity contribution in [2.24, 2.45) is 0 Å². The Morgan fingerprint density at radius 2 is 1.74 bits per heavy atom. The largest absolute Gasteiger partial charge is 0.452 e. The zero-order valence-corrected chi connectivity index (χ0v) is 14.5. The summed E-state index contributed by atoms with van der Waals surface area (Å²) in [6, 6.07) is 11.9. The van der Waals surface area contributed by atoms with Crippen LogP contribution in [0.15, 0.2) is 47.4 Å². The van der Waals surface area contributed by atoms with E-state index in [4.69, 9.17) is 27.9 Å². The highest BCUT2D eigenvalue weighted by Gasteiger charge is 2.15. The van der Waals surface area contributed by atoms with Gasteiger partial charge in [0.05, 0.1) is 21.3 Å². The van der Waals surface area contributed by atoms with Crippen LogP contribution >= 0.6 is 35.0 Å². The van der Waals surface area contributed by atoms with Crippen molar-refractivity contribution in [2.75, 3.05) is 18.2 Å². The van der Waals surface area contributed by atoms with Gasteiger partial charge < -0.3 is 10.1 Å². The van der Waals surface area contributed by atoms with E-state index in [1.165, 1.54) is 11.8 Å². The minimum absolute atomic E-state index is 0.293. The first-order chi connectivity index (χ1) is 11.0. The van der Waals surface area contributed by atoms with Gasteiger partial charge in [0.2, 0.25) is 0 Å². The molecule has 0 unspecified atom stereocenters. The Labute approximate surface area is 148 Å². The molecular weight excluding hydrogens is 357 g/mol. The molecule has 0 bridgehead atoms. The number of esters is 1. The molecule has 0 fully saturated rings. The second-order valence-corrected chi connectivity index (χ2v) is 6.08. The number of amides is 1. The summed E-state index contributed by atoms with van der Waals surface area (Å²) in [5.41, 5.74) is 0.713. The van der Waals surface area contributed by atoms with E-state index in [0.29, 0.717) is 21.3 Å². The topological polar surface area (TPSA) is 55.4 Å². The molecule has 1 N–H and O–H groups in total. The minimum atomic E-state index is -0.560. The smallest absolute Gasteiger partial charge is 0.339 e. The number of para-hydroxylation sites is 1. The lowest BCUT2D eigenvalue weighted by Crippen LogP contribution is -2.21. The van der Waals surface area contributed by atoms with Gasteiger partial charge in [0.1, 0.15) is 0 Å². The van der Waals surface area contributed by atoms with E-state index in [0.717, 1.165) is 4.90 Å². The normalized spacial score (nSPS) is 10.2. The Kier molecular flexibility index (Phi) is 6.33. The van der Waals surface area contributed by atoms with Crippen LogP contribution in [-0.2, 0) is 9.53 Å². The lowest BCUT2D eigenvalue weighted by molar-refractivity contribution is -0.119. The maximum Gasteiger partial charge on any atom is 0.339 e. The first-order valence-electron chi connectivity index (χ1n) is 6.57. The van der Waals surface area contributed by atoms with Crippen LogP contribution < -0.4 is 5.32 Å². The molecule has 1 amide bonds. The third-order valence-electron chi connectivity index (χ3n) is 2.89. The summed E-state index contributed by atoms with van der Waals surface area (Å²) < 4.78 is 5.03. The second kappa shape index (κ2) is 8.24. The van der Waals surface area contributed by atoms with Crippen LogP contribution in [0.25, 0.3) is 0 Å². The van der Waals surface area contributed by atoms with E-state index in [-0.39, 0.29) is 0 Å². The summed E-state index contributed by atoms with van der Waals surface area (Å²) in [6.07, 6.45) is 1.86. The van der Waals surface area contributed by atoms with Crippen LogP contribution in [0, 0.1) is 0 Å². The second-order valence-electron chi connectivity index (χ2n) is 4.42. The monoisotopic (exact) mass is 369 g/mol. The molecule has 2 aromatic carbocycles. The highest BCUT2D eigenvalue weighted by molar-refractivity contribution is 7.98. The molecule has 0 aliphatic heterocycles. The van der Waals surface area contributed by atoms with Crippen molar-refractivity contribution in [1.29, 1.82) is 0 Å². The molecule has 0 radical (unpaired) electrons. The molecule has 23 heavy (non-hydrogen) atoms. The SMILES string of the molecule is CSc1ccccc1C(=O)OCC(=O)Nc1c(Cl)cccc1Cl. The van der Waals surface area contributed by atoms with Gasteiger partial charge in [-0.05, 0) is 30.5 Å². The fraction of sp³-hybridized carbons (Fsp3) is 0.125. The molecule has 0 saturated carbocycles. The number of anilines is 1. The van der Waals surface area contributed by atoms with Crippen molar-refractivity contribution in [3.63, 3.8) is 0 Å². The van der Waals surface area contributed by atoms with Crippen LogP contribution in [0.2, 0.25) is 10.0 Å². The lowest BCUT2D eigenvalue weighted by Gasteiger charge is -2.10. The van der Waals surface area contributed by atoms with Gasteiger partial charge in [0.25, 0.3) is 5.91 Å². The number of rotatable bonds is 5. The van der Waals surface area contributed by atoms with Crippen LogP contribution in [0.1, 0.15) is 10.4 Å². The molecule has 7 heteroatoms. The van der Waals surface area contributed by atoms with Crippen molar-refractivity contribution in [2.45, 2.75) is 4.90 Å². The van der Waals surface area contributed by atoms with Gasteiger partial charge in [-0.15, -0.1) is 11.8 Å². The van der Waals surface area contributed by atoms with Crippen molar-refractivity contribution in [3.8, 4) is 0 Å². The molecule has 0 heterocycles. The number of hydrogen-bond donors (Lipinski definition) is 1. The lowest BCUT2D eigenvalue weighted by atomic mass is 10.2. The fourth-order valence-electron chi connectivity index (χ4n) is 1.81. The average Bonchev–Trinajstić information content (AvgIpc) is 2.56. The van der Waals surface area contributed by atoms with E-state index < -0.39 is 18.5 Å². The Hall–Kier alpha value is -1.69. The summed E-state index contributed by atoms with van der Waals surface area (Å²) in [7, 11) is 0. The molecule has 2 aromatic rings. The predicted octanol–water partition coefficient (Wildman–Crippen LogP) is 4.51. The molecule has 2 rings (SSSR count). The van der Waals surface area contributed by atoms with Crippen LogP contribution in [0.5, 0.6) is 0 Å². The van der Waals surface area contributed by atoms with Gasteiger partial charge >= 0.3 is 5.97 Å². The van der Waals surface area contributed by atoms with Crippen molar-refractivity contribution < 1.29 is 14.3 Å². The molecule has 0 aliphatic carbocycles. The maximum absolute atomic E-state index is 12.0. The Balaban J connectivity index is 1.98. The zero-order chi connectivity index (χ0) is 16.8.